The van der Waals surface area contributed by atoms with Crippen molar-refractivity contribution < 1.29 is 24.9 Å². The zero-order valence-corrected chi connectivity index (χ0v) is 12.1. The minimum Gasteiger partial charge on any atom is -0.387 e. The molecular weight excluding hydrogens is 308 g/mol. The molecule has 1 saturated heterocycles. The van der Waals surface area contributed by atoms with Gasteiger partial charge >= 0.3 is 0 Å². The molecule has 1 aliphatic heterocycles. The van der Waals surface area contributed by atoms with Crippen molar-refractivity contribution in [1.29, 1.82) is 0 Å². The van der Waals surface area contributed by atoms with Gasteiger partial charge in [0.2, 0.25) is 0 Å². The van der Waals surface area contributed by atoms with Crippen LogP contribution in [0.2, 0.25) is 0 Å². The number of carbonyl (C=O) groups is 1. The topological polar surface area (TPSA) is 169 Å². The van der Waals surface area contributed by atoms with Crippen molar-refractivity contribution in [3.05, 3.63) is 12.7 Å². The number of aromatic nitrogens is 4. The molecule has 0 spiro atoms. The summed E-state index contributed by atoms with van der Waals surface area (Å²) in [5.41, 5.74) is 6.30. The average molecular weight is 324 g/mol. The highest BCUT2D eigenvalue weighted by Gasteiger charge is 2.49. The number of rotatable bonds is 3. The first-order chi connectivity index (χ1) is 11.0. The Hall–Kier alpha value is -2.34. The van der Waals surface area contributed by atoms with Gasteiger partial charge < -0.3 is 31.1 Å². The third kappa shape index (κ3) is 2.39. The van der Waals surface area contributed by atoms with Gasteiger partial charge in [-0.15, -0.1) is 0 Å². The van der Waals surface area contributed by atoms with Crippen LogP contribution in [0.25, 0.3) is 11.2 Å². The van der Waals surface area contributed by atoms with Gasteiger partial charge in [-0.05, 0) is 0 Å². The van der Waals surface area contributed by atoms with Crippen LogP contribution in [-0.2, 0) is 9.53 Å². The van der Waals surface area contributed by atoms with E-state index in [2.05, 4.69) is 20.3 Å². The molecule has 23 heavy (non-hydrogen) atoms. The number of likely N-dealkylation sites (N-methyl/N-ethyl adjacent to an activating group) is 1. The Kier molecular flexibility index (Phi) is 3.85. The van der Waals surface area contributed by atoms with Gasteiger partial charge in [0, 0.05) is 7.05 Å². The maximum atomic E-state index is 11.5. The third-order valence-corrected chi connectivity index (χ3v) is 3.76. The van der Waals surface area contributed by atoms with Gasteiger partial charge in [0.1, 0.15) is 30.2 Å². The van der Waals surface area contributed by atoms with Crippen molar-refractivity contribution in [3.63, 3.8) is 0 Å². The number of amides is 1. The molecule has 11 nitrogen and oxygen atoms in total. The fourth-order valence-electron chi connectivity index (χ4n) is 2.53. The molecule has 0 radical (unpaired) electrons. The highest BCUT2D eigenvalue weighted by atomic mass is 16.6. The summed E-state index contributed by atoms with van der Waals surface area (Å²) >= 11 is 0. The summed E-state index contributed by atoms with van der Waals surface area (Å²) in [5.74, 6) is -0.576. The predicted octanol–water partition coefficient (Wildman–Crippen LogP) is -2.87. The molecule has 124 valence electrons. The van der Waals surface area contributed by atoms with E-state index in [1.165, 1.54) is 24.3 Å². The average Bonchev–Trinajstić information content (AvgIpc) is 3.09. The maximum Gasteiger partial charge on any atom is 0.251 e. The van der Waals surface area contributed by atoms with Crippen LogP contribution in [0, 0.1) is 0 Å². The Labute approximate surface area is 129 Å². The first kappa shape index (κ1) is 15.6. The van der Waals surface area contributed by atoms with Crippen molar-refractivity contribution in [2.45, 2.75) is 30.6 Å². The fourth-order valence-corrected chi connectivity index (χ4v) is 2.53. The molecule has 1 aliphatic rings. The summed E-state index contributed by atoms with van der Waals surface area (Å²) in [6.07, 6.45) is -4.34. The molecule has 0 bridgehead atoms. The van der Waals surface area contributed by atoms with Gasteiger partial charge in [0.25, 0.3) is 5.91 Å². The van der Waals surface area contributed by atoms with Gasteiger partial charge in [-0.25, -0.2) is 15.0 Å². The molecule has 5 atom stereocenters. The van der Waals surface area contributed by atoms with Crippen LogP contribution in [0.15, 0.2) is 12.7 Å². The number of ether oxygens (including phenoxy) is 1. The second-order valence-electron chi connectivity index (χ2n) is 5.11. The molecule has 1 fully saturated rings. The van der Waals surface area contributed by atoms with Gasteiger partial charge in [0.05, 0.1) is 6.33 Å². The number of imidazole rings is 1. The zero-order chi connectivity index (χ0) is 16.7. The van der Waals surface area contributed by atoms with E-state index in [0.717, 1.165) is 0 Å². The number of nitrogens with one attached hydrogen (secondary N) is 1. The Bertz CT molecular complexity index is 736. The number of hydrogen-bond acceptors (Lipinski definition) is 9. The fraction of sp³-hybridized carbons (Fsp3) is 0.500. The monoisotopic (exact) mass is 324 g/mol. The second-order valence-corrected chi connectivity index (χ2v) is 5.11. The lowest BCUT2D eigenvalue weighted by Crippen LogP contribution is -2.46. The number of fused-ring (bicyclic) bond motifs is 1. The van der Waals surface area contributed by atoms with Crippen LogP contribution in [-0.4, -0.2) is 72.2 Å². The zero-order valence-electron chi connectivity index (χ0n) is 12.1. The van der Waals surface area contributed by atoms with E-state index in [1.54, 1.807) is 0 Å². The maximum absolute atomic E-state index is 11.5. The van der Waals surface area contributed by atoms with Crippen LogP contribution in [0.5, 0.6) is 0 Å². The molecule has 11 heteroatoms. The minimum absolute atomic E-state index is 0.156. The lowest BCUT2D eigenvalue weighted by molar-refractivity contribution is -0.142. The molecule has 2 aromatic rings. The Morgan fingerprint density at radius 3 is 2.83 bits per heavy atom. The number of nitrogens with zero attached hydrogens (tertiary/aromatic N) is 4. The Morgan fingerprint density at radius 2 is 2.13 bits per heavy atom. The van der Waals surface area contributed by atoms with Crippen LogP contribution < -0.4 is 11.1 Å². The number of aliphatic hydroxyl groups is 3. The van der Waals surface area contributed by atoms with Crippen LogP contribution in [0.3, 0.4) is 0 Å². The summed E-state index contributed by atoms with van der Waals surface area (Å²) in [6.45, 7) is 0. The summed E-state index contributed by atoms with van der Waals surface area (Å²) in [7, 11) is 1.34. The molecule has 2 aromatic heterocycles. The molecule has 1 amide bonds. The van der Waals surface area contributed by atoms with E-state index in [1.807, 2.05) is 0 Å². The number of carbonyl (C=O) groups excluding carboxylic acids is 1. The van der Waals surface area contributed by atoms with Gasteiger partial charge in [-0.2, -0.15) is 0 Å². The molecule has 0 aromatic carbocycles. The summed E-state index contributed by atoms with van der Waals surface area (Å²) in [5, 5.41) is 32.4. The second kappa shape index (κ2) is 5.70. The van der Waals surface area contributed by atoms with Crippen LogP contribution in [0.4, 0.5) is 5.82 Å². The molecule has 0 saturated carbocycles. The molecule has 6 N–H and O–H groups in total. The number of nitrogen functional groups attached to an aromatic ring is 1. The smallest absolute Gasteiger partial charge is 0.251 e. The highest BCUT2D eigenvalue weighted by molar-refractivity contribution is 5.81. The number of aliphatic hydroxyl groups excluding tert-OH is 3. The van der Waals surface area contributed by atoms with E-state index in [0.29, 0.717) is 11.2 Å². The van der Waals surface area contributed by atoms with Crippen molar-refractivity contribution in [2.24, 2.45) is 0 Å². The van der Waals surface area contributed by atoms with Crippen molar-refractivity contribution in [2.75, 3.05) is 12.8 Å². The SMILES string of the molecule is CNC(=O)C(O)[C@H]1O[C@@H](n2cnc3c(N)ncnc32)[C@H](O)[C@@H]1O. The van der Waals surface area contributed by atoms with Crippen LogP contribution >= 0.6 is 0 Å². The van der Waals surface area contributed by atoms with Gasteiger partial charge in [-0.1, -0.05) is 0 Å². The molecule has 0 aliphatic carbocycles. The van der Waals surface area contributed by atoms with Crippen molar-refractivity contribution in [3.8, 4) is 0 Å². The molecule has 1 unspecified atom stereocenters. The van der Waals surface area contributed by atoms with E-state index < -0.39 is 36.6 Å². The quantitative estimate of drug-likeness (QED) is 0.398. The lowest BCUT2D eigenvalue weighted by atomic mass is 10.1. The van der Waals surface area contributed by atoms with E-state index in [9.17, 15) is 20.1 Å². The number of nitrogens with two attached hydrogens (primary N) is 1. The Morgan fingerprint density at radius 1 is 1.39 bits per heavy atom. The molecule has 3 heterocycles. The van der Waals surface area contributed by atoms with Crippen LogP contribution in [0.1, 0.15) is 6.23 Å². The summed E-state index contributed by atoms with van der Waals surface area (Å²) < 4.78 is 6.83. The number of anilines is 1. The molecule has 3 rings (SSSR count). The minimum atomic E-state index is -1.64. The van der Waals surface area contributed by atoms with E-state index in [-0.39, 0.29) is 5.82 Å². The van der Waals surface area contributed by atoms with Gasteiger partial charge in [0.15, 0.2) is 23.8 Å². The van der Waals surface area contributed by atoms with E-state index in [4.69, 9.17) is 10.5 Å². The summed E-state index contributed by atoms with van der Waals surface area (Å²) in [6, 6.07) is 0. The van der Waals surface area contributed by atoms with Crippen molar-refractivity contribution >= 4 is 22.9 Å². The Balaban J connectivity index is 1.94. The first-order valence-corrected chi connectivity index (χ1v) is 6.80. The predicted molar refractivity (Wildman–Crippen MR) is 75.7 cm³/mol. The lowest BCUT2D eigenvalue weighted by Gasteiger charge is -2.19. The largest absolute Gasteiger partial charge is 0.387 e. The number of hydrogen-bond donors (Lipinski definition) is 5. The normalized spacial score (nSPS) is 28.9. The summed E-state index contributed by atoms with van der Waals surface area (Å²) in [4.78, 5) is 23.4. The highest BCUT2D eigenvalue weighted by Crippen LogP contribution is 2.33. The van der Waals surface area contributed by atoms with Crippen molar-refractivity contribution in [1.82, 2.24) is 24.8 Å². The van der Waals surface area contributed by atoms with Gasteiger partial charge in [-0.3, -0.25) is 9.36 Å². The van der Waals surface area contributed by atoms with E-state index >= 15 is 0 Å². The first-order valence-electron chi connectivity index (χ1n) is 6.80. The third-order valence-electron chi connectivity index (χ3n) is 3.76. The molecular formula is C12H16N6O5. The standard InChI is InChI=1S/C12H16N6O5/c1-14-11(22)7(21)8-5(19)6(20)12(23-8)18-3-17-4-9(13)15-2-16-10(4)18/h2-3,5-8,12,19-21H,1H3,(H,14,22)(H2,13,15,16)/t5-,6+,7?,8-,12+/m0/s1.